The first-order valence-corrected chi connectivity index (χ1v) is 5.00. The number of anilines is 1. The van der Waals surface area contributed by atoms with E-state index in [1.807, 2.05) is 13.8 Å². The van der Waals surface area contributed by atoms with Gasteiger partial charge in [0.25, 0.3) is 5.91 Å². The van der Waals surface area contributed by atoms with Gasteiger partial charge in [-0.15, -0.1) is 11.3 Å². The number of hydrogen-bond donors (Lipinski definition) is 2. The summed E-state index contributed by atoms with van der Waals surface area (Å²) in [5, 5.41) is 2.25. The van der Waals surface area contributed by atoms with Crippen molar-refractivity contribution < 1.29 is 9.53 Å². The molecule has 1 rings (SSSR count). The fourth-order valence-corrected chi connectivity index (χ4v) is 2.15. The first kappa shape index (κ1) is 11.0. The van der Waals surface area contributed by atoms with E-state index in [2.05, 4.69) is 0 Å². The minimum atomic E-state index is -0.543. The quantitative estimate of drug-likeness (QED) is 0.796. The van der Waals surface area contributed by atoms with Crippen LogP contribution in [0.1, 0.15) is 29.8 Å². The Kier molecular flexibility index (Phi) is 2.82. The highest BCUT2D eigenvalue weighted by Crippen LogP contribution is 2.34. The molecule has 1 heterocycles. The third-order valence-electron chi connectivity index (χ3n) is 2.22. The van der Waals surface area contributed by atoms with Gasteiger partial charge in [-0.3, -0.25) is 4.79 Å². The van der Waals surface area contributed by atoms with Crippen LogP contribution in [0.3, 0.4) is 0 Å². The summed E-state index contributed by atoms with van der Waals surface area (Å²) in [4.78, 5) is 11.2. The zero-order valence-corrected chi connectivity index (χ0v) is 9.27. The Morgan fingerprint density at radius 3 is 2.57 bits per heavy atom. The van der Waals surface area contributed by atoms with Crippen molar-refractivity contribution in [3.8, 4) is 0 Å². The molecule has 78 valence electrons. The van der Waals surface area contributed by atoms with Crippen LogP contribution in [-0.2, 0) is 10.3 Å². The molecule has 1 amide bonds. The molecule has 0 fully saturated rings. The van der Waals surface area contributed by atoms with Gasteiger partial charge in [-0.05, 0) is 19.2 Å². The molecule has 4 nitrogen and oxygen atoms in total. The lowest BCUT2D eigenvalue weighted by Crippen LogP contribution is -2.24. The number of carbonyl (C=O) groups is 1. The van der Waals surface area contributed by atoms with Crippen molar-refractivity contribution in [2.75, 3.05) is 12.8 Å². The molecule has 0 radical (unpaired) electrons. The second kappa shape index (κ2) is 3.59. The summed E-state index contributed by atoms with van der Waals surface area (Å²) in [5.41, 5.74) is 11.5. The van der Waals surface area contributed by atoms with Crippen LogP contribution >= 0.6 is 11.3 Å². The Bertz CT molecular complexity index is 358. The highest BCUT2D eigenvalue weighted by atomic mass is 32.1. The number of nitrogens with two attached hydrogens (primary N) is 2. The third-order valence-corrected chi connectivity index (χ3v) is 3.04. The van der Waals surface area contributed by atoms with E-state index in [1.54, 1.807) is 12.5 Å². The number of thiophene rings is 1. The van der Waals surface area contributed by atoms with Crippen molar-refractivity contribution in [2.45, 2.75) is 19.4 Å². The predicted molar refractivity (Wildman–Crippen MR) is 57.3 cm³/mol. The SMILES string of the molecule is COC(C)(C)c1csc(N)c1C(N)=O. The van der Waals surface area contributed by atoms with Crippen LogP contribution in [0.4, 0.5) is 5.00 Å². The molecular weight excluding hydrogens is 200 g/mol. The zero-order chi connectivity index (χ0) is 10.9. The summed E-state index contributed by atoms with van der Waals surface area (Å²) >= 11 is 1.30. The maximum atomic E-state index is 11.2. The van der Waals surface area contributed by atoms with Crippen molar-refractivity contribution in [3.05, 3.63) is 16.5 Å². The van der Waals surface area contributed by atoms with Gasteiger partial charge in [0.1, 0.15) is 0 Å². The van der Waals surface area contributed by atoms with Gasteiger partial charge in [0.2, 0.25) is 0 Å². The molecule has 14 heavy (non-hydrogen) atoms. The van der Waals surface area contributed by atoms with Crippen molar-refractivity contribution in [3.63, 3.8) is 0 Å². The molecular formula is C9H14N2O2S. The van der Waals surface area contributed by atoms with Crippen LogP contribution in [0.5, 0.6) is 0 Å². The van der Waals surface area contributed by atoms with Crippen LogP contribution in [-0.4, -0.2) is 13.0 Å². The van der Waals surface area contributed by atoms with Crippen LogP contribution in [0.15, 0.2) is 5.38 Å². The fourth-order valence-electron chi connectivity index (χ4n) is 1.18. The molecule has 1 aromatic heterocycles. The van der Waals surface area contributed by atoms with E-state index in [4.69, 9.17) is 16.2 Å². The van der Waals surface area contributed by atoms with Crippen LogP contribution in [0.2, 0.25) is 0 Å². The van der Waals surface area contributed by atoms with Crippen LogP contribution < -0.4 is 11.5 Å². The molecule has 4 N–H and O–H groups in total. The lowest BCUT2D eigenvalue weighted by atomic mass is 9.96. The van der Waals surface area contributed by atoms with E-state index in [-0.39, 0.29) is 0 Å². The van der Waals surface area contributed by atoms with Gasteiger partial charge < -0.3 is 16.2 Å². The average Bonchev–Trinajstić information content (AvgIpc) is 2.47. The van der Waals surface area contributed by atoms with Gasteiger partial charge >= 0.3 is 0 Å². The van der Waals surface area contributed by atoms with E-state index in [9.17, 15) is 4.79 Å². The number of nitrogen functional groups attached to an aromatic ring is 1. The van der Waals surface area contributed by atoms with Gasteiger partial charge in [-0.2, -0.15) is 0 Å². The predicted octanol–water partition coefficient (Wildman–Crippen LogP) is 1.31. The summed E-state index contributed by atoms with van der Waals surface area (Å²) in [7, 11) is 1.58. The molecule has 0 saturated carbocycles. The van der Waals surface area contributed by atoms with E-state index >= 15 is 0 Å². The molecule has 5 heteroatoms. The number of hydrogen-bond acceptors (Lipinski definition) is 4. The fraction of sp³-hybridized carbons (Fsp3) is 0.444. The number of amides is 1. The van der Waals surface area contributed by atoms with Gasteiger partial charge in [0, 0.05) is 12.7 Å². The lowest BCUT2D eigenvalue weighted by Gasteiger charge is -2.23. The summed E-state index contributed by atoms with van der Waals surface area (Å²) in [6.07, 6.45) is 0. The van der Waals surface area contributed by atoms with E-state index in [0.29, 0.717) is 10.6 Å². The Morgan fingerprint density at radius 2 is 2.14 bits per heavy atom. The van der Waals surface area contributed by atoms with Crippen molar-refractivity contribution in [1.29, 1.82) is 0 Å². The summed E-state index contributed by atoms with van der Waals surface area (Å²) in [6, 6.07) is 0. The Labute approximate surface area is 86.9 Å². The molecule has 0 saturated heterocycles. The molecule has 0 spiro atoms. The number of rotatable bonds is 3. The molecule has 0 aliphatic heterocycles. The number of carbonyl (C=O) groups excluding carboxylic acids is 1. The highest BCUT2D eigenvalue weighted by molar-refractivity contribution is 7.14. The summed E-state index contributed by atoms with van der Waals surface area (Å²) in [6.45, 7) is 3.72. The molecule has 0 aliphatic carbocycles. The Morgan fingerprint density at radius 1 is 1.57 bits per heavy atom. The zero-order valence-electron chi connectivity index (χ0n) is 8.46. The van der Waals surface area contributed by atoms with Gasteiger partial charge in [0.15, 0.2) is 0 Å². The van der Waals surface area contributed by atoms with E-state index < -0.39 is 11.5 Å². The number of ether oxygens (including phenoxy) is 1. The lowest BCUT2D eigenvalue weighted by molar-refractivity contribution is 0.0189. The highest BCUT2D eigenvalue weighted by Gasteiger charge is 2.28. The summed E-state index contributed by atoms with van der Waals surface area (Å²) < 4.78 is 5.27. The first-order valence-electron chi connectivity index (χ1n) is 4.12. The van der Waals surface area contributed by atoms with Crippen molar-refractivity contribution >= 4 is 22.2 Å². The maximum absolute atomic E-state index is 11.2. The topological polar surface area (TPSA) is 78.3 Å². The minimum Gasteiger partial charge on any atom is -0.390 e. The monoisotopic (exact) mass is 214 g/mol. The van der Waals surface area contributed by atoms with Crippen LogP contribution in [0, 0.1) is 0 Å². The maximum Gasteiger partial charge on any atom is 0.252 e. The molecule has 0 atom stereocenters. The average molecular weight is 214 g/mol. The van der Waals surface area contributed by atoms with Gasteiger partial charge in [-0.25, -0.2) is 0 Å². The molecule has 0 aliphatic rings. The Balaban J connectivity index is 3.29. The normalized spacial score (nSPS) is 11.6. The van der Waals surface area contributed by atoms with E-state index in [0.717, 1.165) is 5.56 Å². The number of primary amides is 1. The second-order valence-corrected chi connectivity index (χ2v) is 4.38. The Hall–Kier alpha value is -1.07. The van der Waals surface area contributed by atoms with Gasteiger partial charge in [-0.1, -0.05) is 0 Å². The minimum absolute atomic E-state index is 0.377. The van der Waals surface area contributed by atoms with Crippen LogP contribution in [0.25, 0.3) is 0 Å². The summed E-state index contributed by atoms with van der Waals surface area (Å²) in [5.74, 6) is -0.510. The largest absolute Gasteiger partial charge is 0.390 e. The standard InChI is InChI=1S/C9H14N2O2S/c1-9(2,13-3)5-4-14-8(11)6(5)7(10)12/h4H,11H2,1-3H3,(H2,10,12). The molecule has 0 bridgehead atoms. The van der Waals surface area contributed by atoms with Crippen molar-refractivity contribution in [2.24, 2.45) is 5.73 Å². The van der Waals surface area contributed by atoms with E-state index in [1.165, 1.54) is 11.3 Å². The third kappa shape index (κ3) is 1.73. The smallest absolute Gasteiger partial charge is 0.252 e. The second-order valence-electron chi connectivity index (χ2n) is 3.47. The van der Waals surface area contributed by atoms with Gasteiger partial charge in [0.05, 0.1) is 16.2 Å². The van der Waals surface area contributed by atoms with Crippen molar-refractivity contribution in [1.82, 2.24) is 0 Å². The molecule has 0 unspecified atom stereocenters. The molecule has 1 aromatic rings. The molecule has 0 aromatic carbocycles. The number of methoxy groups -OCH3 is 1. The first-order chi connectivity index (χ1) is 6.40.